The molecule has 7 atom stereocenters. The zero-order chi connectivity index (χ0) is 44.4. The number of hydrogen-bond donors (Lipinski definition) is 0. The number of unbranched alkanes of at least 4 members (excludes halogenated alkanes) is 1. The van der Waals surface area contributed by atoms with E-state index in [-0.39, 0.29) is 47.0 Å². The summed E-state index contributed by atoms with van der Waals surface area (Å²) in [6, 6.07) is 0.891. The Kier molecular flexibility index (Phi) is 19.5. The molecule has 0 bridgehead atoms. The van der Waals surface area contributed by atoms with Gasteiger partial charge in [-0.05, 0) is 87.3 Å². The van der Waals surface area contributed by atoms with Crippen molar-refractivity contribution in [3.63, 3.8) is 0 Å². The number of terminal acetylenes is 1. The molecule has 0 radical (unpaired) electrons. The van der Waals surface area contributed by atoms with Crippen molar-refractivity contribution in [2.24, 2.45) is 11.8 Å². The van der Waals surface area contributed by atoms with E-state index in [0.29, 0.717) is 38.4 Å². The Hall–Kier alpha value is -1.53. The summed E-state index contributed by atoms with van der Waals surface area (Å²) >= 11 is 0. The third-order valence-corrected chi connectivity index (χ3v) is 24.0. The fraction of sp³-hybridized carbons (Fsp3) is 0.830. The van der Waals surface area contributed by atoms with Gasteiger partial charge in [-0.1, -0.05) is 118 Å². The lowest BCUT2D eigenvalue weighted by Gasteiger charge is -2.52. The highest BCUT2D eigenvalue weighted by molar-refractivity contribution is 6.76. The van der Waals surface area contributed by atoms with E-state index >= 15 is 0 Å². The van der Waals surface area contributed by atoms with E-state index in [9.17, 15) is 9.59 Å². The average Bonchev–Trinajstić information content (AvgIpc) is 3.10. The molecule has 0 aromatic heterocycles. The Bertz CT molecular complexity index is 1430. The summed E-state index contributed by atoms with van der Waals surface area (Å²) in [6.45, 7) is 39.5. The minimum atomic E-state index is -2.05. The molecular weight excluding hydrogens is 777 g/mol. The van der Waals surface area contributed by atoms with Gasteiger partial charge in [0.2, 0.25) is 0 Å². The molecule has 2 rings (SSSR count). The Balaban J connectivity index is 2.19. The second-order valence-corrected chi connectivity index (χ2v) is 37.0. The van der Waals surface area contributed by atoms with E-state index in [1.165, 1.54) is 0 Å². The van der Waals surface area contributed by atoms with Crippen LogP contribution in [0.25, 0.3) is 0 Å². The summed E-state index contributed by atoms with van der Waals surface area (Å²) in [7, 11) is -5.28. The van der Waals surface area contributed by atoms with Gasteiger partial charge >= 0.3 is 11.9 Å². The smallest absolute Gasteiger partial charge is 0.307 e. The van der Waals surface area contributed by atoms with Crippen molar-refractivity contribution < 1.29 is 37.4 Å². The molecule has 0 amide bonds. The summed E-state index contributed by atoms with van der Waals surface area (Å²) in [5.74, 6) is 1.72. The SMILES string of the molecule is C#C[C@@H]1O[C@@]2(CC[C@H](C)[C@@H](C/C=C(C)/C=C/[C@H](O[Si](C)(C)C(C)(C)C)[C@@H](C)CO[Si](C)(C)C(C)(C)C)O2)CC[C@@]1(CCCC)OC(=O)CCC(=O)OCC[Si](C)(C)C. The third kappa shape index (κ3) is 16.1. The first-order valence-electron chi connectivity index (χ1n) is 22.4. The van der Waals surface area contributed by atoms with Crippen LogP contribution in [0.15, 0.2) is 23.8 Å². The molecule has 0 unspecified atom stereocenters. The van der Waals surface area contributed by atoms with Crippen molar-refractivity contribution in [2.45, 2.75) is 225 Å². The monoisotopic (exact) mass is 863 g/mol. The first-order valence-corrected chi connectivity index (χ1v) is 31.9. The maximum atomic E-state index is 13.2. The maximum absolute atomic E-state index is 13.2. The molecule has 0 aromatic carbocycles. The molecular formula is C47H86O8Si3. The molecule has 0 saturated carbocycles. The lowest BCUT2D eigenvalue weighted by Crippen LogP contribution is -2.59. The van der Waals surface area contributed by atoms with Gasteiger partial charge in [0.25, 0.3) is 0 Å². The summed E-state index contributed by atoms with van der Waals surface area (Å²) in [5, 5.41) is 0.239. The second-order valence-electron chi connectivity index (χ2n) is 21.9. The van der Waals surface area contributed by atoms with Crippen LogP contribution in [0.5, 0.6) is 0 Å². The summed E-state index contributed by atoms with van der Waals surface area (Å²) in [5.41, 5.74) is 0.196. The van der Waals surface area contributed by atoms with E-state index in [0.717, 1.165) is 43.7 Å². The molecule has 11 heteroatoms. The predicted molar refractivity (Wildman–Crippen MR) is 248 cm³/mol. The van der Waals surface area contributed by atoms with E-state index in [1.807, 2.05) is 0 Å². The molecule has 334 valence electrons. The lowest BCUT2D eigenvalue weighted by atomic mass is 9.78. The second kappa shape index (κ2) is 21.5. The molecule has 1 spiro atoms. The molecule has 2 heterocycles. The summed E-state index contributed by atoms with van der Waals surface area (Å²) in [6.07, 6.45) is 17.8. The van der Waals surface area contributed by atoms with Crippen LogP contribution in [0.1, 0.15) is 133 Å². The Labute approximate surface area is 359 Å². The van der Waals surface area contributed by atoms with E-state index in [2.05, 4.69) is 139 Å². The van der Waals surface area contributed by atoms with E-state index < -0.39 is 48.2 Å². The van der Waals surface area contributed by atoms with Crippen molar-refractivity contribution in [3.8, 4) is 12.3 Å². The molecule has 0 aliphatic carbocycles. The third-order valence-electron chi connectivity index (χ3n) is 13.3. The number of carbonyl (C=O) groups excluding carboxylic acids is 2. The highest BCUT2D eigenvalue weighted by Crippen LogP contribution is 2.48. The largest absolute Gasteiger partial charge is 0.466 e. The fourth-order valence-corrected chi connectivity index (χ4v) is 9.95. The molecule has 2 fully saturated rings. The van der Waals surface area contributed by atoms with Crippen molar-refractivity contribution in [3.05, 3.63) is 23.8 Å². The van der Waals surface area contributed by atoms with Gasteiger partial charge < -0.3 is 27.8 Å². The first-order chi connectivity index (χ1) is 26.5. The average molecular weight is 863 g/mol. The zero-order valence-corrected chi connectivity index (χ0v) is 43.2. The van der Waals surface area contributed by atoms with Crippen LogP contribution in [-0.4, -0.2) is 79.6 Å². The molecule has 0 N–H and O–H groups in total. The van der Waals surface area contributed by atoms with Gasteiger partial charge in [-0.3, -0.25) is 9.59 Å². The summed E-state index contributed by atoms with van der Waals surface area (Å²) in [4.78, 5) is 25.6. The van der Waals surface area contributed by atoms with E-state index in [4.69, 9.17) is 34.2 Å². The van der Waals surface area contributed by atoms with Gasteiger partial charge in [0.05, 0.1) is 31.7 Å². The number of rotatable bonds is 20. The zero-order valence-electron chi connectivity index (χ0n) is 40.2. The van der Waals surface area contributed by atoms with Crippen LogP contribution in [-0.2, 0) is 37.4 Å². The minimum absolute atomic E-state index is 0.0142. The van der Waals surface area contributed by atoms with Crippen LogP contribution < -0.4 is 0 Å². The topological polar surface area (TPSA) is 89.5 Å². The highest BCUT2D eigenvalue weighted by atomic mass is 28.4. The fourth-order valence-electron chi connectivity index (χ4n) is 6.78. The van der Waals surface area contributed by atoms with Gasteiger partial charge in [0.1, 0.15) is 5.60 Å². The molecule has 2 aliphatic rings. The molecule has 2 aliphatic heterocycles. The van der Waals surface area contributed by atoms with Crippen molar-refractivity contribution >= 4 is 36.6 Å². The highest BCUT2D eigenvalue weighted by Gasteiger charge is 2.54. The van der Waals surface area contributed by atoms with Gasteiger partial charge in [-0.15, -0.1) is 6.42 Å². The Morgan fingerprint density at radius 3 is 2.12 bits per heavy atom. The van der Waals surface area contributed by atoms with Crippen molar-refractivity contribution in [1.82, 2.24) is 0 Å². The molecule has 58 heavy (non-hydrogen) atoms. The van der Waals surface area contributed by atoms with Crippen LogP contribution >= 0.6 is 0 Å². The van der Waals surface area contributed by atoms with Crippen LogP contribution in [0.4, 0.5) is 0 Å². The Morgan fingerprint density at radius 1 is 0.931 bits per heavy atom. The molecule has 0 aromatic rings. The Morgan fingerprint density at radius 2 is 1.55 bits per heavy atom. The van der Waals surface area contributed by atoms with E-state index in [1.54, 1.807) is 0 Å². The molecule has 8 nitrogen and oxygen atoms in total. The van der Waals surface area contributed by atoms with Crippen LogP contribution in [0.2, 0.25) is 61.9 Å². The van der Waals surface area contributed by atoms with Crippen LogP contribution in [0, 0.1) is 24.2 Å². The van der Waals surface area contributed by atoms with Gasteiger partial charge in [0, 0.05) is 33.4 Å². The predicted octanol–water partition coefficient (Wildman–Crippen LogP) is 12.4. The number of ether oxygens (including phenoxy) is 4. The van der Waals surface area contributed by atoms with Crippen LogP contribution in [0.3, 0.4) is 0 Å². The van der Waals surface area contributed by atoms with Crippen molar-refractivity contribution in [2.75, 3.05) is 13.2 Å². The summed E-state index contributed by atoms with van der Waals surface area (Å²) < 4.78 is 39.0. The van der Waals surface area contributed by atoms with Gasteiger partial charge in [0.15, 0.2) is 28.5 Å². The lowest BCUT2D eigenvalue weighted by molar-refractivity contribution is -0.343. The maximum Gasteiger partial charge on any atom is 0.307 e. The standard InChI is InChI=1S/C47H86O8Si3/c1-19-21-29-46(54-43(49)27-26-42(48)50-33-34-56(12,13)14)31-32-47(53-41(46)20-2)30-28-37(4)39(52-47)24-22-36(3)23-25-40(55-58(17,18)45(9,10)11)38(5)35-51-57(15,16)44(6,7)8/h2,22-23,25,37-41H,19,21,24,26-35H2,1,3-18H3/b25-23+,36-22+/t37-,38-,39+,40-,41-,46+,47-/m0/s1. The quantitative estimate of drug-likeness (QED) is 0.0517. The van der Waals surface area contributed by atoms with Gasteiger partial charge in [-0.25, -0.2) is 0 Å². The van der Waals surface area contributed by atoms with Crippen molar-refractivity contribution in [1.29, 1.82) is 0 Å². The minimum Gasteiger partial charge on any atom is -0.466 e. The normalized spacial score (nSPS) is 26.3. The number of allylic oxidation sites excluding steroid dienone is 2. The number of esters is 2. The van der Waals surface area contributed by atoms with Gasteiger partial charge in [-0.2, -0.15) is 0 Å². The molecule has 2 saturated heterocycles. The number of hydrogen-bond acceptors (Lipinski definition) is 8. The number of carbonyl (C=O) groups is 2. The first kappa shape index (κ1) is 52.6.